The fourth-order valence-corrected chi connectivity index (χ4v) is 3.04. The lowest BCUT2D eigenvalue weighted by molar-refractivity contribution is -0.384. The van der Waals surface area contributed by atoms with E-state index >= 15 is 0 Å². The summed E-state index contributed by atoms with van der Waals surface area (Å²) in [6.45, 7) is 0. The fourth-order valence-electron chi connectivity index (χ4n) is 3.04. The van der Waals surface area contributed by atoms with E-state index in [-0.39, 0.29) is 22.6 Å². The van der Waals surface area contributed by atoms with Gasteiger partial charge in [-0.3, -0.25) is 19.7 Å². The summed E-state index contributed by atoms with van der Waals surface area (Å²) in [7, 11) is 0. The van der Waals surface area contributed by atoms with E-state index in [9.17, 15) is 46.0 Å². The minimum Gasteiger partial charge on any atom is -0.322 e. The number of nitrogens with zero attached hydrogens (tertiary/aromatic N) is 1. The molecule has 7 nitrogen and oxygen atoms in total. The lowest BCUT2D eigenvalue weighted by atomic mass is 10.1. The summed E-state index contributed by atoms with van der Waals surface area (Å²) in [5.41, 5.74) is -3.61. The third-order valence-corrected chi connectivity index (χ3v) is 4.80. The van der Waals surface area contributed by atoms with Crippen LogP contribution in [-0.4, -0.2) is 16.7 Å². The first-order valence-electron chi connectivity index (χ1n) is 10.2. The summed E-state index contributed by atoms with van der Waals surface area (Å²) in [5, 5.41) is 15.2. The first-order chi connectivity index (χ1) is 17.2. The van der Waals surface area contributed by atoms with Gasteiger partial charge in [-0.1, -0.05) is 12.1 Å². The van der Waals surface area contributed by atoms with Crippen molar-refractivity contribution in [3.05, 3.63) is 105 Å². The van der Waals surface area contributed by atoms with Gasteiger partial charge in [0.25, 0.3) is 17.5 Å². The lowest BCUT2D eigenvalue weighted by Gasteiger charge is -2.13. The van der Waals surface area contributed by atoms with Crippen molar-refractivity contribution in [2.45, 2.75) is 12.4 Å². The predicted octanol–water partition coefficient (Wildman–Crippen LogP) is 6.29. The number of nitro benzene ring substituents is 1. The third-order valence-electron chi connectivity index (χ3n) is 4.80. The maximum Gasteiger partial charge on any atom is 0.416 e. The molecule has 0 heterocycles. The van der Waals surface area contributed by atoms with E-state index in [2.05, 4.69) is 10.6 Å². The van der Waals surface area contributed by atoms with Crippen molar-refractivity contribution in [1.82, 2.24) is 0 Å². The summed E-state index contributed by atoms with van der Waals surface area (Å²) in [4.78, 5) is 36.0. The number of halogens is 6. The average molecular weight is 523 g/mol. The number of non-ortho nitro benzene ring substituents is 1. The van der Waals surface area contributed by atoms with Crippen molar-refractivity contribution in [3.8, 4) is 0 Å². The molecule has 0 unspecified atom stereocenters. The predicted molar refractivity (Wildman–Crippen MR) is 121 cm³/mol. The smallest absolute Gasteiger partial charge is 0.322 e. The van der Waals surface area contributed by atoms with Crippen molar-refractivity contribution in [2.24, 2.45) is 0 Å². The number of rotatable bonds is 6. The molecular formula is C24H15F6N3O4. The van der Waals surface area contributed by atoms with Gasteiger partial charge in [-0.2, -0.15) is 26.3 Å². The Kier molecular flexibility index (Phi) is 7.65. The number of amides is 2. The van der Waals surface area contributed by atoms with E-state index < -0.39 is 45.8 Å². The highest BCUT2D eigenvalue weighted by Gasteiger charge is 2.32. The van der Waals surface area contributed by atoms with Gasteiger partial charge >= 0.3 is 12.4 Å². The second-order valence-corrected chi connectivity index (χ2v) is 7.47. The van der Waals surface area contributed by atoms with Crippen LogP contribution in [0.4, 0.5) is 43.4 Å². The molecule has 3 aromatic carbocycles. The molecule has 13 heteroatoms. The van der Waals surface area contributed by atoms with Gasteiger partial charge < -0.3 is 10.6 Å². The summed E-state index contributed by atoms with van der Waals surface area (Å²) in [5.74, 6) is -2.36. The summed E-state index contributed by atoms with van der Waals surface area (Å²) < 4.78 is 78.1. The van der Waals surface area contributed by atoms with Crippen LogP contribution in [0.1, 0.15) is 16.7 Å². The summed E-state index contributed by atoms with van der Waals surface area (Å²) in [6, 6.07) is 11.7. The van der Waals surface area contributed by atoms with Gasteiger partial charge in [-0.15, -0.1) is 0 Å². The van der Waals surface area contributed by atoms with E-state index in [1.54, 1.807) is 0 Å². The Morgan fingerprint density at radius 1 is 0.730 bits per heavy atom. The van der Waals surface area contributed by atoms with Crippen molar-refractivity contribution in [3.63, 3.8) is 0 Å². The molecule has 0 aliphatic carbocycles. The molecule has 2 amide bonds. The maximum atomic E-state index is 13.0. The molecule has 0 saturated carbocycles. The van der Waals surface area contributed by atoms with Crippen LogP contribution in [0.15, 0.2) is 78.4 Å². The van der Waals surface area contributed by atoms with Gasteiger partial charge in [-0.25, -0.2) is 0 Å². The number of hydrogen-bond acceptors (Lipinski definition) is 4. The number of nitro groups is 1. The van der Waals surface area contributed by atoms with Crippen molar-refractivity contribution < 1.29 is 40.9 Å². The monoisotopic (exact) mass is 523 g/mol. The Balaban J connectivity index is 1.96. The largest absolute Gasteiger partial charge is 0.416 e. The lowest BCUT2D eigenvalue weighted by Crippen LogP contribution is -2.25. The summed E-state index contributed by atoms with van der Waals surface area (Å²) in [6.07, 6.45) is -8.44. The molecule has 0 spiro atoms. The Morgan fingerprint density at radius 3 is 1.54 bits per heavy atom. The highest BCUT2D eigenvalue weighted by atomic mass is 19.4. The third kappa shape index (κ3) is 7.16. The average Bonchev–Trinajstić information content (AvgIpc) is 2.82. The molecule has 0 aliphatic heterocycles. The number of nitrogens with one attached hydrogen (secondary N) is 2. The molecule has 37 heavy (non-hydrogen) atoms. The number of carbonyl (C=O) groups excluding carboxylic acids is 2. The molecule has 0 atom stereocenters. The number of carbonyl (C=O) groups is 2. The highest BCUT2D eigenvalue weighted by Crippen LogP contribution is 2.32. The highest BCUT2D eigenvalue weighted by molar-refractivity contribution is 6.28. The van der Waals surface area contributed by atoms with Crippen LogP contribution in [0.2, 0.25) is 0 Å². The molecule has 3 aromatic rings. The molecule has 3 rings (SSSR count). The van der Waals surface area contributed by atoms with Crippen LogP contribution in [0, 0.1) is 10.1 Å². The van der Waals surface area contributed by atoms with Gasteiger partial charge in [-0.05, 0) is 60.2 Å². The number of alkyl halides is 6. The van der Waals surface area contributed by atoms with Crippen LogP contribution < -0.4 is 10.6 Å². The van der Waals surface area contributed by atoms with Crippen LogP contribution in [0.3, 0.4) is 0 Å². The van der Waals surface area contributed by atoms with Gasteiger partial charge in [0.05, 0.1) is 16.1 Å². The fraction of sp³-hybridized carbons (Fsp3) is 0.0833. The van der Waals surface area contributed by atoms with E-state index in [4.69, 9.17) is 0 Å². The molecular weight excluding hydrogens is 508 g/mol. The van der Waals surface area contributed by atoms with Crippen molar-refractivity contribution in [2.75, 3.05) is 10.6 Å². The Bertz CT molecular complexity index is 1290. The zero-order chi connectivity index (χ0) is 27.4. The second kappa shape index (κ2) is 10.5. The molecule has 2 N–H and O–H groups in total. The minimum atomic E-state index is -4.71. The number of hydrogen-bond donors (Lipinski definition) is 2. The Labute approximate surface area is 204 Å². The standard InChI is InChI=1S/C24H15F6N3O4/c25-23(26,27)15-3-1-5-17(12-15)31-21(34)20(11-14-7-9-19(10-8-14)33(36)37)22(35)32-18-6-2-4-16(13-18)24(28,29)30/h1-13H,(H,31,34)(H,32,35). The molecule has 0 radical (unpaired) electrons. The van der Waals surface area contributed by atoms with Gasteiger partial charge in [0.2, 0.25) is 0 Å². The molecule has 192 valence electrons. The van der Waals surface area contributed by atoms with Gasteiger partial charge in [0.1, 0.15) is 5.57 Å². The zero-order valence-corrected chi connectivity index (χ0v) is 18.4. The maximum absolute atomic E-state index is 13.0. The first kappa shape index (κ1) is 26.9. The van der Waals surface area contributed by atoms with E-state index in [0.717, 1.165) is 54.6 Å². The van der Waals surface area contributed by atoms with Crippen LogP contribution in [0.5, 0.6) is 0 Å². The quantitative estimate of drug-likeness (QED) is 0.0990. The van der Waals surface area contributed by atoms with Crippen LogP contribution in [0.25, 0.3) is 6.08 Å². The first-order valence-corrected chi connectivity index (χ1v) is 10.2. The van der Waals surface area contributed by atoms with E-state index in [1.807, 2.05) is 0 Å². The Morgan fingerprint density at radius 2 is 1.16 bits per heavy atom. The molecule has 0 bridgehead atoms. The molecule has 0 aromatic heterocycles. The normalized spacial score (nSPS) is 11.4. The number of anilines is 2. The SMILES string of the molecule is O=C(Nc1cccc(C(F)(F)F)c1)C(=Cc1ccc([N+](=O)[O-])cc1)C(=O)Nc1cccc(C(F)(F)F)c1. The topological polar surface area (TPSA) is 101 Å². The van der Waals surface area contributed by atoms with Gasteiger partial charge in [0, 0.05) is 23.5 Å². The van der Waals surface area contributed by atoms with E-state index in [0.29, 0.717) is 12.1 Å². The minimum absolute atomic E-state index is 0.124. The Hall–Kier alpha value is -4.68. The zero-order valence-electron chi connectivity index (χ0n) is 18.4. The summed E-state index contributed by atoms with van der Waals surface area (Å²) >= 11 is 0. The van der Waals surface area contributed by atoms with Crippen molar-refractivity contribution >= 4 is 35.0 Å². The van der Waals surface area contributed by atoms with E-state index in [1.165, 1.54) is 12.1 Å². The molecule has 0 saturated heterocycles. The van der Waals surface area contributed by atoms with Crippen LogP contribution >= 0.6 is 0 Å². The van der Waals surface area contributed by atoms with Crippen LogP contribution in [-0.2, 0) is 21.9 Å². The number of benzene rings is 3. The molecule has 0 fully saturated rings. The second-order valence-electron chi connectivity index (χ2n) is 7.47. The van der Waals surface area contributed by atoms with Crippen molar-refractivity contribution in [1.29, 1.82) is 0 Å². The molecule has 0 aliphatic rings. The van der Waals surface area contributed by atoms with Gasteiger partial charge in [0.15, 0.2) is 0 Å².